The highest BCUT2D eigenvalue weighted by atomic mass is 79.9. The van der Waals surface area contributed by atoms with Crippen LogP contribution in [0.3, 0.4) is 0 Å². The molecule has 4 nitrogen and oxygen atoms in total. The van der Waals surface area contributed by atoms with Crippen LogP contribution < -0.4 is 5.32 Å². The molecule has 0 spiro atoms. The van der Waals surface area contributed by atoms with Gasteiger partial charge in [0.15, 0.2) is 0 Å². The molecule has 0 aliphatic heterocycles. The number of thiophene rings is 1. The lowest BCUT2D eigenvalue weighted by Crippen LogP contribution is -2.13. The molecule has 0 saturated heterocycles. The lowest BCUT2D eigenvalue weighted by molar-refractivity contribution is -0.112. The van der Waals surface area contributed by atoms with Gasteiger partial charge in [-0.1, -0.05) is 30.3 Å². The molecular formula is C19H15BrN2O2S. The Balaban J connectivity index is 1.89. The van der Waals surface area contributed by atoms with E-state index in [1.165, 1.54) is 11.3 Å². The molecule has 0 bridgehead atoms. The number of Topliss-reactive ketones (excluding diaryl/α,β-unsaturated/α-hetero) is 1. The predicted molar refractivity (Wildman–Crippen MR) is 103 cm³/mol. The van der Waals surface area contributed by atoms with Crippen molar-refractivity contribution in [2.24, 2.45) is 0 Å². The van der Waals surface area contributed by atoms with E-state index in [1.54, 1.807) is 12.1 Å². The summed E-state index contributed by atoms with van der Waals surface area (Å²) in [5.41, 5.74) is 2.19. The summed E-state index contributed by atoms with van der Waals surface area (Å²) in [7, 11) is 0. The molecule has 1 aromatic carbocycles. The fourth-order valence-electron chi connectivity index (χ4n) is 2.87. The second-order valence-electron chi connectivity index (χ2n) is 5.71. The van der Waals surface area contributed by atoms with Crippen molar-refractivity contribution in [3.8, 4) is 6.07 Å². The van der Waals surface area contributed by atoms with E-state index in [4.69, 9.17) is 5.26 Å². The molecule has 0 radical (unpaired) electrons. The molecule has 0 atom stereocenters. The maximum atomic E-state index is 12.5. The molecule has 0 unspecified atom stereocenters. The SMILES string of the molecule is N#CC(=O)c1c(NC(=O)/C(Br)=C/c2ccccc2)sc2c1CCCC2. The van der Waals surface area contributed by atoms with Crippen molar-refractivity contribution in [3.05, 3.63) is 56.4 Å². The highest BCUT2D eigenvalue weighted by Crippen LogP contribution is 2.38. The number of benzene rings is 1. The second-order valence-corrected chi connectivity index (χ2v) is 7.67. The summed E-state index contributed by atoms with van der Waals surface area (Å²) in [5.74, 6) is -0.924. The fourth-order valence-corrected chi connectivity index (χ4v) is 4.52. The second kappa shape index (κ2) is 7.77. The first-order chi connectivity index (χ1) is 12.1. The van der Waals surface area contributed by atoms with E-state index in [0.29, 0.717) is 15.0 Å². The Kier molecular flexibility index (Phi) is 5.47. The average Bonchev–Trinajstić information content (AvgIpc) is 2.99. The number of nitriles is 1. The average molecular weight is 415 g/mol. The van der Waals surface area contributed by atoms with Crippen molar-refractivity contribution >= 4 is 50.0 Å². The molecule has 25 heavy (non-hydrogen) atoms. The number of nitrogens with zero attached hydrogens (tertiary/aromatic N) is 1. The lowest BCUT2D eigenvalue weighted by atomic mass is 9.94. The summed E-state index contributed by atoms with van der Waals surface area (Å²) >= 11 is 4.70. The third-order valence-electron chi connectivity index (χ3n) is 4.04. The first-order valence-corrected chi connectivity index (χ1v) is 9.53. The third-order valence-corrected chi connectivity index (χ3v) is 5.83. The van der Waals surface area contributed by atoms with Crippen LogP contribution in [-0.4, -0.2) is 11.7 Å². The van der Waals surface area contributed by atoms with E-state index in [1.807, 2.05) is 30.3 Å². The molecule has 1 aliphatic carbocycles. The van der Waals surface area contributed by atoms with Gasteiger partial charge in [-0.05, 0) is 58.8 Å². The van der Waals surface area contributed by atoms with Crippen LogP contribution in [0.5, 0.6) is 0 Å². The molecule has 126 valence electrons. The zero-order valence-corrected chi connectivity index (χ0v) is 15.7. The van der Waals surface area contributed by atoms with E-state index in [-0.39, 0.29) is 5.91 Å². The van der Waals surface area contributed by atoms with Crippen LogP contribution in [0.2, 0.25) is 0 Å². The Hall–Kier alpha value is -2.23. The molecule has 3 rings (SSSR count). The fraction of sp³-hybridized carbons (Fsp3) is 0.211. The number of carbonyl (C=O) groups is 2. The first-order valence-electron chi connectivity index (χ1n) is 7.92. The Morgan fingerprint density at radius 1 is 1.20 bits per heavy atom. The molecule has 6 heteroatoms. The summed E-state index contributed by atoms with van der Waals surface area (Å²) in [4.78, 5) is 25.7. The summed E-state index contributed by atoms with van der Waals surface area (Å²) in [6, 6.07) is 11.2. The summed E-state index contributed by atoms with van der Waals surface area (Å²) in [6.45, 7) is 0. The van der Waals surface area contributed by atoms with Crippen LogP contribution in [0.25, 0.3) is 6.08 Å². The highest BCUT2D eigenvalue weighted by Gasteiger charge is 2.26. The monoisotopic (exact) mass is 414 g/mol. The normalized spacial score (nSPS) is 13.7. The van der Waals surface area contributed by atoms with Gasteiger partial charge in [0.2, 0.25) is 0 Å². The number of fused-ring (bicyclic) bond motifs is 1. The van der Waals surface area contributed by atoms with Crippen LogP contribution in [-0.2, 0) is 17.6 Å². The standard InChI is InChI=1S/C19H15BrN2O2S/c20-14(10-12-6-2-1-3-7-12)18(24)22-19-17(15(23)11-21)13-8-4-5-9-16(13)25-19/h1-3,6-7,10H,4-5,8-9H2,(H,22,24)/b14-10-. The van der Waals surface area contributed by atoms with Crippen LogP contribution in [0.4, 0.5) is 5.00 Å². The number of amides is 1. The van der Waals surface area contributed by atoms with Crippen molar-refractivity contribution in [2.75, 3.05) is 5.32 Å². The smallest absolute Gasteiger partial charge is 0.265 e. The molecule has 1 aromatic heterocycles. The molecule has 2 aromatic rings. The minimum atomic E-state index is -0.585. The topological polar surface area (TPSA) is 70.0 Å². The van der Waals surface area contributed by atoms with Crippen LogP contribution in [0.1, 0.15) is 39.2 Å². The van der Waals surface area contributed by atoms with Crippen molar-refractivity contribution in [1.29, 1.82) is 5.26 Å². The summed E-state index contributed by atoms with van der Waals surface area (Å²) in [5, 5.41) is 12.3. The quantitative estimate of drug-likeness (QED) is 0.447. The molecule has 1 amide bonds. The van der Waals surface area contributed by atoms with E-state index >= 15 is 0 Å². The number of aryl methyl sites for hydroxylation is 1. The Bertz CT molecular complexity index is 894. The van der Waals surface area contributed by atoms with Crippen molar-refractivity contribution in [2.45, 2.75) is 25.7 Å². The number of anilines is 1. The lowest BCUT2D eigenvalue weighted by Gasteiger charge is -2.10. The van der Waals surface area contributed by atoms with Gasteiger partial charge >= 0.3 is 0 Å². The number of carbonyl (C=O) groups excluding carboxylic acids is 2. The van der Waals surface area contributed by atoms with Gasteiger partial charge in [-0.25, -0.2) is 0 Å². The largest absolute Gasteiger partial charge is 0.312 e. The van der Waals surface area contributed by atoms with Gasteiger partial charge in [-0.3, -0.25) is 9.59 Å². The van der Waals surface area contributed by atoms with Crippen LogP contribution >= 0.6 is 27.3 Å². The van der Waals surface area contributed by atoms with E-state index < -0.39 is 5.78 Å². The van der Waals surface area contributed by atoms with E-state index in [9.17, 15) is 9.59 Å². The minimum Gasteiger partial charge on any atom is -0.312 e. The van der Waals surface area contributed by atoms with Gasteiger partial charge < -0.3 is 5.32 Å². The molecule has 1 N–H and O–H groups in total. The number of hydrogen-bond acceptors (Lipinski definition) is 4. The third kappa shape index (κ3) is 3.89. The molecule has 0 fully saturated rings. The van der Waals surface area contributed by atoms with Gasteiger partial charge in [0.05, 0.1) is 10.0 Å². The maximum Gasteiger partial charge on any atom is 0.265 e. The Morgan fingerprint density at radius 2 is 1.92 bits per heavy atom. The van der Waals surface area contributed by atoms with E-state index in [0.717, 1.165) is 41.7 Å². The number of rotatable bonds is 4. The maximum absolute atomic E-state index is 12.5. The number of halogens is 1. The highest BCUT2D eigenvalue weighted by molar-refractivity contribution is 9.12. The van der Waals surface area contributed by atoms with Gasteiger partial charge in [0.1, 0.15) is 11.1 Å². The Morgan fingerprint density at radius 3 is 2.64 bits per heavy atom. The van der Waals surface area contributed by atoms with Crippen molar-refractivity contribution < 1.29 is 9.59 Å². The van der Waals surface area contributed by atoms with Gasteiger partial charge in [0, 0.05) is 4.88 Å². The number of hydrogen-bond donors (Lipinski definition) is 1. The zero-order valence-electron chi connectivity index (χ0n) is 13.3. The molecule has 1 heterocycles. The van der Waals surface area contributed by atoms with Crippen molar-refractivity contribution in [1.82, 2.24) is 0 Å². The van der Waals surface area contributed by atoms with Gasteiger partial charge in [0.25, 0.3) is 11.7 Å². The van der Waals surface area contributed by atoms with Gasteiger partial charge in [-0.2, -0.15) is 5.26 Å². The summed E-state index contributed by atoms with van der Waals surface area (Å²) in [6.07, 6.45) is 5.46. The van der Waals surface area contributed by atoms with Crippen molar-refractivity contribution in [3.63, 3.8) is 0 Å². The zero-order chi connectivity index (χ0) is 17.8. The van der Waals surface area contributed by atoms with Gasteiger partial charge in [-0.15, -0.1) is 11.3 Å². The predicted octanol–water partition coefficient (Wildman–Crippen LogP) is 4.71. The Labute approximate surface area is 158 Å². The molecule has 1 aliphatic rings. The van der Waals surface area contributed by atoms with Crippen LogP contribution in [0.15, 0.2) is 34.8 Å². The van der Waals surface area contributed by atoms with Crippen LogP contribution in [0, 0.1) is 11.3 Å². The summed E-state index contributed by atoms with van der Waals surface area (Å²) < 4.78 is 0.362. The minimum absolute atomic E-state index is 0.338. The first kappa shape index (κ1) is 17.6. The number of ketones is 1. The number of nitrogens with one attached hydrogen (secondary N) is 1. The van der Waals surface area contributed by atoms with E-state index in [2.05, 4.69) is 21.2 Å². The molecule has 0 saturated carbocycles. The molecular weight excluding hydrogens is 400 g/mol.